The molecule has 2 aliphatic carbocycles. The summed E-state index contributed by atoms with van der Waals surface area (Å²) in [5.41, 5.74) is 1.29. The molecule has 2 N–H and O–H groups in total. The van der Waals surface area contributed by atoms with Crippen molar-refractivity contribution in [2.45, 2.75) is 102 Å². The zero-order chi connectivity index (χ0) is 14.3. The van der Waals surface area contributed by atoms with Crippen molar-refractivity contribution < 1.29 is 0 Å². The molecule has 0 aromatic rings. The van der Waals surface area contributed by atoms with Crippen LogP contribution in [0.3, 0.4) is 0 Å². The maximum atomic E-state index is 4.00. The Bertz CT molecular complexity index is 362. The van der Waals surface area contributed by atoms with E-state index in [1.807, 2.05) is 0 Å². The smallest absolute Gasteiger partial charge is 0.0186 e. The molecule has 4 rings (SSSR count). The summed E-state index contributed by atoms with van der Waals surface area (Å²) in [7, 11) is 0. The van der Waals surface area contributed by atoms with Gasteiger partial charge in [0.1, 0.15) is 0 Å². The van der Waals surface area contributed by atoms with Crippen LogP contribution in [0.1, 0.15) is 84.0 Å². The van der Waals surface area contributed by atoms with Crippen molar-refractivity contribution in [2.24, 2.45) is 11.3 Å². The van der Waals surface area contributed by atoms with Crippen molar-refractivity contribution in [2.75, 3.05) is 6.54 Å². The third-order valence-electron chi connectivity index (χ3n) is 7.16. The van der Waals surface area contributed by atoms with Crippen LogP contribution in [0.2, 0.25) is 0 Å². The van der Waals surface area contributed by atoms with Crippen LogP contribution in [0.15, 0.2) is 0 Å². The first kappa shape index (κ1) is 14.5. The van der Waals surface area contributed by atoms with Gasteiger partial charge in [-0.25, -0.2) is 0 Å². The minimum Gasteiger partial charge on any atom is -0.313 e. The molecule has 0 aromatic heterocycles. The molecular formula is C19H34N2. The van der Waals surface area contributed by atoms with Crippen molar-refractivity contribution in [1.29, 1.82) is 0 Å². The van der Waals surface area contributed by atoms with E-state index in [-0.39, 0.29) is 0 Å². The number of hydrogen-bond acceptors (Lipinski definition) is 2. The van der Waals surface area contributed by atoms with Gasteiger partial charge in [-0.15, -0.1) is 0 Å². The number of hydrogen-bond donors (Lipinski definition) is 2. The Labute approximate surface area is 130 Å². The monoisotopic (exact) mass is 290 g/mol. The zero-order valence-electron chi connectivity index (χ0n) is 13.9. The molecule has 2 nitrogen and oxygen atoms in total. The molecule has 4 fully saturated rings. The molecule has 4 unspecified atom stereocenters. The van der Waals surface area contributed by atoms with Gasteiger partial charge in [-0.3, -0.25) is 0 Å². The lowest BCUT2D eigenvalue weighted by molar-refractivity contribution is 0.109. The van der Waals surface area contributed by atoms with Gasteiger partial charge in [-0.1, -0.05) is 19.3 Å². The normalized spacial score (nSPS) is 45.9. The Morgan fingerprint density at radius 1 is 0.952 bits per heavy atom. The van der Waals surface area contributed by atoms with Crippen molar-refractivity contribution in [3.8, 4) is 0 Å². The lowest BCUT2D eigenvalue weighted by Crippen LogP contribution is -2.55. The van der Waals surface area contributed by atoms with Crippen LogP contribution in [0, 0.1) is 11.3 Å². The summed E-state index contributed by atoms with van der Waals surface area (Å²) in [6.07, 6.45) is 17.5. The van der Waals surface area contributed by atoms with Gasteiger partial charge in [0, 0.05) is 24.2 Å². The van der Waals surface area contributed by atoms with Gasteiger partial charge in [-0.2, -0.15) is 0 Å². The van der Waals surface area contributed by atoms with E-state index in [9.17, 15) is 0 Å². The lowest BCUT2D eigenvalue weighted by Gasteiger charge is -2.47. The molecule has 0 radical (unpaired) electrons. The van der Waals surface area contributed by atoms with Crippen LogP contribution in [-0.4, -0.2) is 24.2 Å². The molecule has 2 heteroatoms. The summed E-state index contributed by atoms with van der Waals surface area (Å²) in [5, 5.41) is 7.90. The fraction of sp³-hybridized carbons (Fsp3) is 1.00. The van der Waals surface area contributed by atoms with Crippen LogP contribution in [-0.2, 0) is 0 Å². The number of piperidine rings is 2. The van der Waals surface area contributed by atoms with Crippen LogP contribution >= 0.6 is 0 Å². The fourth-order valence-corrected chi connectivity index (χ4v) is 5.70. The largest absolute Gasteiger partial charge is 0.313 e. The van der Waals surface area contributed by atoms with E-state index < -0.39 is 0 Å². The minimum absolute atomic E-state index is 0.521. The standard InChI is InChI=1S/C19H34N2/c1-15-4-2-7-19(21-15)8-3-5-16(13-19)12-17-6-9-18(10-11-18)14-20-17/h15-17,20-21H,2-14H2,1H3. The third-order valence-corrected chi connectivity index (χ3v) is 7.16. The van der Waals surface area contributed by atoms with Crippen molar-refractivity contribution in [3.63, 3.8) is 0 Å². The maximum Gasteiger partial charge on any atom is 0.0186 e. The van der Waals surface area contributed by atoms with Crippen molar-refractivity contribution in [1.82, 2.24) is 10.6 Å². The molecule has 0 amide bonds. The molecule has 2 saturated heterocycles. The van der Waals surface area contributed by atoms with E-state index in [4.69, 9.17) is 0 Å². The molecule has 120 valence electrons. The van der Waals surface area contributed by atoms with Crippen LogP contribution < -0.4 is 10.6 Å². The third kappa shape index (κ3) is 3.17. The first-order chi connectivity index (χ1) is 10.2. The van der Waals surface area contributed by atoms with Gasteiger partial charge in [0.2, 0.25) is 0 Å². The topological polar surface area (TPSA) is 24.1 Å². The predicted octanol–water partition coefficient (Wildman–Crippen LogP) is 4.00. The van der Waals surface area contributed by atoms with Crippen LogP contribution in [0.4, 0.5) is 0 Å². The Balaban J connectivity index is 1.31. The second-order valence-electron chi connectivity index (χ2n) is 9.03. The second-order valence-corrected chi connectivity index (χ2v) is 9.03. The van der Waals surface area contributed by atoms with Crippen molar-refractivity contribution in [3.05, 3.63) is 0 Å². The highest BCUT2D eigenvalue weighted by atomic mass is 15.0. The summed E-state index contributed by atoms with van der Waals surface area (Å²) in [5.74, 6) is 0.974. The molecule has 2 saturated carbocycles. The van der Waals surface area contributed by atoms with Gasteiger partial charge in [0.25, 0.3) is 0 Å². The Kier molecular flexibility index (Phi) is 3.82. The predicted molar refractivity (Wildman–Crippen MR) is 88.4 cm³/mol. The molecule has 2 heterocycles. The van der Waals surface area contributed by atoms with E-state index in [1.54, 1.807) is 0 Å². The van der Waals surface area contributed by atoms with E-state index in [0.717, 1.165) is 23.4 Å². The summed E-state index contributed by atoms with van der Waals surface area (Å²) in [6, 6.07) is 1.58. The average Bonchev–Trinajstić information content (AvgIpc) is 3.21. The van der Waals surface area contributed by atoms with Gasteiger partial charge in [0.15, 0.2) is 0 Å². The average molecular weight is 290 g/mol. The molecule has 4 atom stereocenters. The van der Waals surface area contributed by atoms with Gasteiger partial charge in [0.05, 0.1) is 0 Å². The summed E-state index contributed by atoms with van der Waals surface area (Å²) in [4.78, 5) is 0. The Morgan fingerprint density at radius 3 is 2.43 bits per heavy atom. The number of nitrogens with one attached hydrogen (secondary N) is 2. The Hall–Kier alpha value is -0.0800. The second kappa shape index (κ2) is 5.53. The highest BCUT2D eigenvalue weighted by Crippen LogP contribution is 2.51. The van der Waals surface area contributed by atoms with E-state index in [2.05, 4.69) is 17.6 Å². The first-order valence-corrected chi connectivity index (χ1v) is 9.68. The molecule has 4 aliphatic rings. The number of rotatable bonds is 2. The SMILES string of the molecule is CC1CCCC2(CCCC(CC3CCC4(CC4)CN3)C2)N1. The molecule has 0 aromatic carbocycles. The summed E-state index contributed by atoms with van der Waals surface area (Å²) < 4.78 is 0. The summed E-state index contributed by atoms with van der Waals surface area (Å²) in [6.45, 7) is 3.72. The first-order valence-electron chi connectivity index (χ1n) is 9.68. The quantitative estimate of drug-likeness (QED) is 0.803. The molecule has 0 bridgehead atoms. The van der Waals surface area contributed by atoms with E-state index >= 15 is 0 Å². The zero-order valence-corrected chi connectivity index (χ0v) is 13.9. The van der Waals surface area contributed by atoms with Gasteiger partial charge < -0.3 is 10.6 Å². The molecule has 2 aliphatic heterocycles. The van der Waals surface area contributed by atoms with Gasteiger partial charge >= 0.3 is 0 Å². The maximum absolute atomic E-state index is 4.00. The van der Waals surface area contributed by atoms with Crippen LogP contribution in [0.5, 0.6) is 0 Å². The summed E-state index contributed by atoms with van der Waals surface area (Å²) >= 11 is 0. The Morgan fingerprint density at radius 2 is 1.76 bits per heavy atom. The molecule has 2 spiro atoms. The highest BCUT2D eigenvalue weighted by molar-refractivity contribution is 5.01. The van der Waals surface area contributed by atoms with Gasteiger partial charge in [-0.05, 0) is 76.0 Å². The van der Waals surface area contributed by atoms with E-state index in [1.165, 1.54) is 83.6 Å². The highest BCUT2D eigenvalue weighted by Gasteiger charge is 2.45. The fourth-order valence-electron chi connectivity index (χ4n) is 5.70. The van der Waals surface area contributed by atoms with E-state index in [0.29, 0.717) is 5.54 Å². The van der Waals surface area contributed by atoms with Crippen LogP contribution in [0.25, 0.3) is 0 Å². The van der Waals surface area contributed by atoms with Crippen molar-refractivity contribution >= 4 is 0 Å². The molecular weight excluding hydrogens is 256 g/mol. The lowest BCUT2D eigenvalue weighted by atomic mass is 9.69. The molecule has 21 heavy (non-hydrogen) atoms. The minimum atomic E-state index is 0.521.